The molecule has 1 atom stereocenters. The van der Waals surface area contributed by atoms with E-state index in [0.29, 0.717) is 23.9 Å². The molecule has 2 N–H and O–H groups in total. The van der Waals surface area contributed by atoms with E-state index in [1.54, 1.807) is 28.6 Å². The Labute approximate surface area is 129 Å². The van der Waals surface area contributed by atoms with Gasteiger partial charge in [0.25, 0.3) is 0 Å². The van der Waals surface area contributed by atoms with E-state index in [0.717, 1.165) is 11.3 Å². The second-order valence-corrected chi connectivity index (χ2v) is 8.82. The predicted octanol–water partition coefficient (Wildman–Crippen LogP) is 1.59. The molecule has 1 fully saturated rings. The van der Waals surface area contributed by atoms with Crippen LogP contribution in [0.25, 0.3) is 0 Å². The van der Waals surface area contributed by atoms with Gasteiger partial charge in [-0.1, -0.05) is 37.3 Å². The number of sulfonamides is 1. The van der Waals surface area contributed by atoms with Crippen molar-refractivity contribution in [2.24, 2.45) is 5.73 Å². The van der Waals surface area contributed by atoms with Crippen LogP contribution in [0.4, 0.5) is 0 Å². The highest BCUT2D eigenvalue weighted by Gasteiger charge is 2.27. The molecule has 0 amide bonds. The minimum atomic E-state index is -3.28. The van der Waals surface area contributed by atoms with Gasteiger partial charge in [0, 0.05) is 29.7 Å². The molecule has 0 aromatic heterocycles. The van der Waals surface area contributed by atoms with E-state index in [-0.39, 0.29) is 10.7 Å². The first-order valence-electron chi connectivity index (χ1n) is 6.36. The molecule has 0 spiro atoms. The van der Waals surface area contributed by atoms with E-state index in [1.807, 2.05) is 11.8 Å². The summed E-state index contributed by atoms with van der Waals surface area (Å²) in [7, 11) is -3.28. The second-order valence-electron chi connectivity index (χ2n) is 4.86. The summed E-state index contributed by atoms with van der Waals surface area (Å²) in [5.74, 6) is 0.855. The fraction of sp³-hybridized carbons (Fsp3) is 0.462. The van der Waals surface area contributed by atoms with Crippen LogP contribution in [0.5, 0.6) is 0 Å². The van der Waals surface area contributed by atoms with Gasteiger partial charge in [0.05, 0.1) is 5.75 Å². The highest BCUT2D eigenvalue weighted by atomic mass is 32.2. The van der Waals surface area contributed by atoms with Crippen molar-refractivity contribution >= 4 is 39.0 Å². The van der Waals surface area contributed by atoms with E-state index in [2.05, 4.69) is 6.92 Å². The summed E-state index contributed by atoms with van der Waals surface area (Å²) in [6.45, 7) is 3.23. The molecule has 4 nitrogen and oxygen atoms in total. The molecule has 1 unspecified atom stereocenters. The predicted molar refractivity (Wildman–Crippen MR) is 88.4 cm³/mol. The first-order chi connectivity index (χ1) is 9.38. The normalized spacial score (nSPS) is 20.8. The highest BCUT2D eigenvalue weighted by molar-refractivity contribution is 8.00. The molecule has 20 heavy (non-hydrogen) atoms. The van der Waals surface area contributed by atoms with Gasteiger partial charge in [-0.25, -0.2) is 8.42 Å². The van der Waals surface area contributed by atoms with Gasteiger partial charge in [0.15, 0.2) is 0 Å². The van der Waals surface area contributed by atoms with Gasteiger partial charge in [-0.15, -0.1) is 0 Å². The Kier molecular flexibility index (Phi) is 5.06. The standard InChI is InChI=1S/C13H18N2O2S3/c1-10-8-15(5-6-19-10)20(16,17)9-11-3-2-4-12(7-11)13(14)18/h2-4,7,10H,5-6,8-9H2,1H3,(H2,14,18). The van der Waals surface area contributed by atoms with Gasteiger partial charge in [-0.3, -0.25) is 0 Å². The number of nitrogens with zero attached hydrogens (tertiary/aromatic N) is 1. The maximum atomic E-state index is 12.4. The van der Waals surface area contributed by atoms with Crippen molar-refractivity contribution in [1.29, 1.82) is 0 Å². The summed E-state index contributed by atoms with van der Waals surface area (Å²) in [4.78, 5) is 0.284. The van der Waals surface area contributed by atoms with Crippen LogP contribution in [0.3, 0.4) is 0 Å². The van der Waals surface area contributed by atoms with Crippen molar-refractivity contribution in [3.05, 3.63) is 35.4 Å². The SMILES string of the molecule is CC1CN(S(=O)(=O)Cc2cccc(C(N)=S)c2)CCS1. The summed E-state index contributed by atoms with van der Waals surface area (Å²) in [6.07, 6.45) is 0. The molecule has 0 bridgehead atoms. The van der Waals surface area contributed by atoms with Crippen LogP contribution >= 0.6 is 24.0 Å². The van der Waals surface area contributed by atoms with Gasteiger partial charge >= 0.3 is 0 Å². The van der Waals surface area contributed by atoms with Crippen molar-refractivity contribution in [3.63, 3.8) is 0 Å². The Hall–Kier alpha value is -0.630. The summed E-state index contributed by atoms with van der Waals surface area (Å²) in [5, 5.41) is 0.349. The Balaban J connectivity index is 2.15. The number of hydrogen-bond donors (Lipinski definition) is 1. The average molecular weight is 331 g/mol. The Morgan fingerprint density at radius 3 is 2.95 bits per heavy atom. The summed E-state index contributed by atoms with van der Waals surface area (Å²) in [6, 6.07) is 7.12. The number of benzene rings is 1. The molecular formula is C13H18N2O2S3. The number of thiocarbonyl (C=S) groups is 1. The van der Waals surface area contributed by atoms with Crippen LogP contribution in [0.15, 0.2) is 24.3 Å². The van der Waals surface area contributed by atoms with Crippen molar-refractivity contribution in [2.75, 3.05) is 18.8 Å². The Morgan fingerprint density at radius 2 is 2.30 bits per heavy atom. The summed E-state index contributed by atoms with van der Waals surface area (Å²) >= 11 is 6.73. The van der Waals surface area contributed by atoms with Gasteiger partial charge in [-0.05, 0) is 11.6 Å². The van der Waals surface area contributed by atoms with Gasteiger partial charge < -0.3 is 5.73 Å². The second kappa shape index (κ2) is 6.43. The van der Waals surface area contributed by atoms with Crippen molar-refractivity contribution in [1.82, 2.24) is 4.31 Å². The third kappa shape index (κ3) is 3.94. The zero-order valence-corrected chi connectivity index (χ0v) is 13.7. The Bertz CT molecular complexity index is 601. The number of hydrogen-bond acceptors (Lipinski definition) is 4. The largest absolute Gasteiger partial charge is 0.389 e. The fourth-order valence-corrected chi connectivity index (χ4v) is 5.11. The minimum absolute atomic E-state index is 0.000833. The molecule has 1 aliphatic heterocycles. The lowest BCUT2D eigenvalue weighted by Crippen LogP contribution is -2.41. The number of rotatable bonds is 4. The lowest BCUT2D eigenvalue weighted by Gasteiger charge is -2.29. The molecule has 0 radical (unpaired) electrons. The van der Waals surface area contributed by atoms with Crippen LogP contribution in [0, 0.1) is 0 Å². The zero-order chi connectivity index (χ0) is 14.8. The molecule has 1 aromatic carbocycles. The molecule has 1 saturated heterocycles. The smallest absolute Gasteiger partial charge is 0.218 e. The van der Waals surface area contributed by atoms with Crippen LogP contribution in [0.1, 0.15) is 18.1 Å². The Morgan fingerprint density at radius 1 is 1.55 bits per heavy atom. The van der Waals surface area contributed by atoms with Crippen molar-refractivity contribution in [2.45, 2.75) is 17.9 Å². The topological polar surface area (TPSA) is 63.4 Å². The van der Waals surface area contributed by atoms with E-state index >= 15 is 0 Å². The molecule has 110 valence electrons. The van der Waals surface area contributed by atoms with Crippen LogP contribution in [-0.2, 0) is 15.8 Å². The van der Waals surface area contributed by atoms with Crippen LogP contribution < -0.4 is 5.73 Å². The maximum Gasteiger partial charge on any atom is 0.218 e. The van der Waals surface area contributed by atoms with Crippen molar-refractivity contribution in [3.8, 4) is 0 Å². The first-order valence-corrected chi connectivity index (χ1v) is 9.43. The number of nitrogens with two attached hydrogens (primary N) is 1. The monoisotopic (exact) mass is 330 g/mol. The molecule has 1 heterocycles. The lowest BCUT2D eigenvalue weighted by molar-refractivity contribution is 0.423. The highest BCUT2D eigenvalue weighted by Crippen LogP contribution is 2.22. The van der Waals surface area contributed by atoms with E-state index in [1.165, 1.54) is 0 Å². The third-order valence-electron chi connectivity index (χ3n) is 3.16. The quantitative estimate of drug-likeness (QED) is 0.850. The maximum absolute atomic E-state index is 12.4. The average Bonchev–Trinajstić information content (AvgIpc) is 2.38. The van der Waals surface area contributed by atoms with Gasteiger partial charge in [0.2, 0.25) is 10.0 Å². The molecule has 1 aliphatic rings. The van der Waals surface area contributed by atoms with Crippen molar-refractivity contribution < 1.29 is 8.42 Å². The molecule has 1 aromatic rings. The van der Waals surface area contributed by atoms with Crippen LogP contribution in [0.2, 0.25) is 0 Å². The third-order valence-corrected chi connectivity index (χ3v) is 6.35. The molecule has 2 rings (SSSR count). The lowest BCUT2D eigenvalue weighted by atomic mass is 10.1. The minimum Gasteiger partial charge on any atom is -0.389 e. The number of thioether (sulfide) groups is 1. The van der Waals surface area contributed by atoms with Crippen LogP contribution in [-0.4, -0.2) is 41.8 Å². The molecular weight excluding hydrogens is 312 g/mol. The van der Waals surface area contributed by atoms with E-state index in [4.69, 9.17) is 18.0 Å². The molecule has 0 saturated carbocycles. The van der Waals surface area contributed by atoms with Gasteiger partial charge in [-0.2, -0.15) is 16.1 Å². The fourth-order valence-electron chi connectivity index (χ4n) is 2.16. The molecule has 7 heteroatoms. The summed E-state index contributed by atoms with van der Waals surface area (Å²) in [5.41, 5.74) is 7.00. The van der Waals surface area contributed by atoms with Gasteiger partial charge in [0.1, 0.15) is 4.99 Å². The summed E-state index contributed by atoms with van der Waals surface area (Å²) < 4.78 is 26.5. The zero-order valence-electron chi connectivity index (χ0n) is 11.3. The van der Waals surface area contributed by atoms with E-state index in [9.17, 15) is 8.42 Å². The first kappa shape index (κ1) is 15.8. The van der Waals surface area contributed by atoms with E-state index < -0.39 is 10.0 Å². The molecule has 0 aliphatic carbocycles.